The van der Waals surface area contributed by atoms with E-state index < -0.39 is 0 Å². The lowest BCUT2D eigenvalue weighted by Crippen LogP contribution is -2.02. The summed E-state index contributed by atoms with van der Waals surface area (Å²) >= 11 is 3.66. The summed E-state index contributed by atoms with van der Waals surface area (Å²) in [5.74, 6) is 3.51. The molecule has 2 aromatic rings. The number of hydrogen-bond acceptors (Lipinski definition) is 5. The van der Waals surface area contributed by atoms with Crippen molar-refractivity contribution in [3.63, 3.8) is 0 Å². The Kier molecular flexibility index (Phi) is 3.43. The van der Waals surface area contributed by atoms with E-state index in [-0.39, 0.29) is 0 Å². The second kappa shape index (κ2) is 5.05. The van der Waals surface area contributed by atoms with Crippen LogP contribution in [0.1, 0.15) is 36.0 Å². The summed E-state index contributed by atoms with van der Waals surface area (Å²) in [5.41, 5.74) is 7.57. The van der Waals surface area contributed by atoms with Crippen LogP contribution in [0.25, 0.3) is 10.2 Å². The largest absolute Gasteiger partial charge is 0.383 e. The first-order chi connectivity index (χ1) is 8.79. The van der Waals surface area contributed by atoms with Gasteiger partial charge in [-0.2, -0.15) is 11.8 Å². The van der Waals surface area contributed by atoms with Crippen molar-refractivity contribution in [2.24, 2.45) is 0 Å². The molecule has 1 aliphatic carbocycles. The zero-order valence-electron chi connectivity index (χ0n) is 10.5. The highest BCUT2D eigenvalue weighted by molar-refractivity contribution is 7.98. The van der Waals surface area contributed by atoms with Crippen molar-refractivity contribution in [3.8, 4) is 0 Å². The topological polar surface area (TPSA) is 51.8 Å². The summed E-state index contributed by atoms with van der Waals surface area (Å²) in [6, 6.07) is 0. The molecule has 96 valence electrons. The fraction of sp³-hybridized carbons (Fsp3) is 0.538. The first kappa shape index (κ1) is 12.2. The second-order valence-electron chi connectivity index (χ2n) is 4.55. The van der Waals surface area contributed by atoms with Crippen LogP contribution in [0, 0.1) is 0 Å². The van der Waals surface area contributed by atoms with Gasteiger partial charge < -0.3 is 5.73 Å². The molecule has 0 bridgehead atoms. The maximum absolute atomic E-state index is 6.14. The quantitative estimate of drug-likeness (QED) is 0.935. The number of fused-ring (bicyclic) bond motifs is 3. The lowest BCUT2D eigenvalue weighted by molar-refractivity contribution is 0.700. The van der Waals surface area contributed by atoms with Crippen molar-refractivity contribution < 1.29 is 0 Å². The van der Waals surface area contributed by atoms with Crippen molar-refractivity contribution in [2.75, 3.05) is 11.5 Å². The van der Waals surface area contributed by atoms with Gasteiger partial charge in [0, 0.05) is 4.88 Å². The molecule has 2 heterocycles. The highest BCUT2D eigenvalue weighted by Crippen LogP contribution is 2.37. The Morgan fingerprint density at radius 1 is 1.28 bits per heavy atom. The predicted molar refractivity (Wildman–Crippen MR) is 80.3 cm³/mol. The lowest BCUT2D eigenvalue weighted by Gasteiger charge is -2.10. The molecule has 5 heteroatoms. The van der Waals surface area contributed by atoms with Crippen molar-refractivity contribution >= 4 is 39.1 Å². The number of nitrogens with zero attached hydrogens (tertiary/aromatic N) is 2. The van der Waals surface area contributed by atoms with Crippen LogP contribution >= 0.6 is 23.1 Å². The standard InChI is InChI=1S/C13H17N3S2/c1-2-17-7-10-15-12(14)11-8-5-3-4-6-9(8)18-13(11)16-10/h2-7H2,1H3,(H2,14,15,16). The van der Waals surface area contributed by atoms with E-state index in [4.69, 9.17) is 5.73 Å². The Labute approximate surface area is 115 Å². The number of aromatic nitrogens is 2. The van der Waals surface area contributed by atoms with Gasteiger partial charge in [0.2, 0.25) is 0 Å². The number of aryl methyl sites for hydroxylation is 2. The number of anilines is 1. The number of thioether (sulfide) groups is 1. The van der Waals surface area contributed by atoms with Crippen molar-refractivity contribution in [1.82, 2.24) is 9.97 Å². The predicted octanol–water partition coefficient (Wildman–Crippen LogP) is 3.41. The van der Waals surface area contributed by atoms with Crippen molar-refractivity contribution in [1.29, 1.82) is 0 Å². The molecule has 0 aromatic carbocycles. The Hall–Kier alpha value is -0.810. The highest BCUT2D eigenvalue weighted by Gasteiger charge is 2.19. The van der Waals surface area contributed by atoms with Gasteiger partial charge in [0.1, 0.15) is 16.5 Å². The Morgan fingerprint density at radius 3 is 2.94 bits per heavy atom. The average molecular weight is 279 g/mol. The average Bonchev–Trinajstić information content (AvgIpc) is 2.74. The van der Waals surface area contributed by atoms with Gasteiger partial charge in [0.25, 0.3) is 0 Å². The van der Waals surface area contributed by atoms with Crippen LogP contribution < -0.4 is 5.73 Å². The van der Waals surface area contributed by atoms with E-state index in [9.17, 15) is 0 Å². The van der Waals surface area contributed by atoms with Gasteiger partial charge >= 0.3 is 0 Å². The zero-order valence-corrected chi connectivity index (χ0v) is 12.2. The third-order valence-electron chi connectivity index (χ3n) is 3.32. The van der Waals surface area contributed by atoms with Crippen LogP contribution in [0.2, 0.25) is 0 Å². The summed E-state index contributed by atoms with van der Waals surface area (Å²) in [7, 11) is 0. The van der Waals surface area contributed by atoms with E-state index in [1.165, 1.54) is 29.7 Å². The van der Waals surface area contributed by atoms with Crippen LogP contribution in [0.15, 0.2) is 0 Å². The molecule has 2 aromatic heterocycles. The first-order valence-corrected chi connectivity index (χ1v) is 8.41. The Balaban J connectivity index is 2.08. The molecule has 0 atom stereocenters. The van der Waals surface area contributed by atoms with Crippen LogP contribution in [0.3, 0.4) is 0 Å². The molecular weight excluding hydrogens is 262 g/mol. The van der Waals surface area contributed by atoms with Crippen LogP contribution in [0.4, 0.5) is 5.82 Å². The Morgan fingerprint density at radius 2 is 2.11 bits per heavy atom. The Bertz CT molecular complexity index is 577. The third-order valence-corrected chi connectivity index (χ3v) is 5.38. The summed E-state index contributed by atoms with van der Waals surface area (Å²) in [4.78, 5) is 11.7. The number of nitrogen functional groups attached to an aromatic ring is 1. The van der Waals surface area contributed by atoms with E-state index in [0.29, 0.717) is 5.82 Å². The number of thiophene rings is 1. The number of hydrogen-bond donors (Lipinski definition) is 1. The van der Waals surface area contributed by atoms with Gasteiger partial charge in [0.05, 0.1) is 11.1 Å². The maximum Gasteiger partial charge on any atom is 0.142 e. The minimum absolute atomic E-state index is 0.686. The summed E-state index contributed by atoms with van der Waals surface area (Å²) in [6.45, 7) is 2.15. The molecule has 3 nitrogen and oxygen atoms in total. The highest BCUT2D eigenvalue weighted by atomic mass is 32.2. The fourth-order valence-corrected chi connectivity index (χ4v) is 4.29. The SMILES string of the molecule is CCSCc1nc(N)c2c3c(sc2n1)CCCC3. The number of nitrogens with two attached hydrogens (primary N) is 1. The minimum atomic E-state index is 0.686. The molecule has 18 heavy (non-hydrogen) atoms. The normalized spacial score (nSPS) is 14.9. The first-order valence-electron chi connectivity index (χ1n) is 6.44. The summed E-state index contributed by atoms with van der Waals surface area (Å²) in [6.07, 6.45) is 4.90. The monoisotopic (exact) mass is 279 g/mol. The smallest absolute Gasteiger partial charge is 0.142 e. The van der Waals surface area contributed by atoms with Crippen LogP contribution in [0.5, 0.6) is 0 Å². The van der Waals surface area contributed by atoms with Gasteiger partial charge in [-0.15, -0.1) is 11.3 Å². The second-order valence-corrected chi connectivity index (χ2v) is 6.91. The molecule has 0 fully saturated rings. The summed E-state index contributed by atoms with van der Waals surface area (Å²) < 4.78 is 0. The van der Waals surface area contributed by atoms with Gasteiger partial charge in [-0.3, -0.25) is 0 Å². The van der Waals surface area contributed by atoms with Gasteiger partial charge in [-0.05, 0) is 37.0 Å². The molecule has 0 radical (unpaired) electrons. The van der Waals surface area contributed by atoms with Crippen molar-refractivity contribution in [3.05, 3.63) is 16.3 Å². The lowest BCUT2D eigenvalue weighted by atomic mass is 9.97. The van der Waals surface area contributed by atoms with E-state index in [1.807, 2.05) is 23.1 Å². The molecule has 0 spiro atoms. The molecule has 0 saturated heterocycles. The molecule has 2 N–H and O–H groups in total. The molecule has 1 aliphatic rings. The van der Waals surface area contributed by atoms with E-state index in [0.717, 1.165) is 34.0 Å². The zero-order chi connectivity index (χ0) is 12.5. The molecule has 0 amide bonds. The van der Waals surface area contributed by atoms with Crippen LogP contribution in [-0.4, -0.2) is 15.7 Å². The van der Waals surface area contributed by atoms with Crippen molar-refractivity contribution in [2.45, 2.75) is 38.4 Å². The summed E-state index contributed by atoms with van der Waals surface area (Å²) in [5, 5.41) is 1.14. The minimum Gasteiger partial charge on any atom is -0.383 e. The third kappa shape index (κ3) is 2.10. The van der Waals surface area contributed by atoms with Gasteiger partial charge in [-0.1, -0.05) is 6.92 Å². The van der Waals surface area contributed by atoms with Gasteiger partial charge in [0.15, 0.2) is 0 Å². The van der Waals surface area contributed by atoms with E-state index in [2.05, 4.69) is 16.9 Å². The maximum atomic E-state index is 6.14. The molecule has 3 rings (SSSR count). The molecule has 0 saturated carbocycles. The van der Waals surface area contributed by atoms with E-state index in [1.54, 1.807) is 0 Å². The van der Waals surface area contributed by atoms with Crippen LogP contribution in [-0.2, 0) is 18.6 Å². The molecule has 0 unspecified atom stereocenters. The van der Waals surface area contributed by atoms with Gasteiger partial charge in [-0.25, -0.2) is 9.97 Å². The van der Waals surface area contributed by atoms with E-state index >= 15 is 0 Å². The number of rotatable bonds is 3. The molecule has 0 aliphatic heterocycles. The fourth-order valence-electron chi connectivity index (χ4n) is 2.49. The molecular formula is C13H17N3S2.